The molecule has 0 saturated carbocycles. The number of esters is 1. The third kappa shape index (κ3) is 14.8. The van der Waals surface area contributed by atoms with Crippen molar-refractivity contribution < 1.29 is 28.9 Å². The van der Waals surface area contributed by atoms with Crippen molar-refractivity contribution in [2.24, 2.45) is 5.92 Å². The first-order valence-electron chi connectivity index (χ1n) is 11.5. The molecule has 0 fully saturated rings. The maximum atomic E-state index is 11.8. The first-order chi connectivity index (χ1) is 16.3. The zero-order chi connectivity index (χ0) is 25.2. The van der Waals surface area contributed by atoms with Crippen LogP contribution in [0.25, 0.3) is 0 Å². The topological polar surface area (TPSA) is 85.3 Å². The third-order valence-electron chi connectivity index (χ3n) is 4.56. The Morgan fingerprint density at radius 3 is 2.71 bits per heavy atom. The molecule has 0 aliphatic carbocycles. The summed E-state index contributed by atoms with van der Waals surface area (Å²) in [5, 5.41) is 8.66. The van der Waals surface area contributed by atoms with Gasteiger partial charge in [-0.15, -0.1) is 0 Å². The number of aliphatic carboxylic acids is 1. The summed E-state index contributed by atoms with van der Waals surface area (Å²) in [4.78, 5) is 24.2. The van der Waals surface area contributed by atoms with E-state index < -0.39 is 18.0 Å². The average molecular weight is 472 g/mol. The van der Waals surface area contributed by atoms with Crippen molar-refractivity contribution in [1.29, 1.82) is 0 Å². The molecule has 1 aromatic carbocycles. The zero-order valence-electron chi connectivity index (χ0n) is 20.7. The molecule has 1 rings (SSSR count). The van der Waals surface area contributed by atoms with E-state index in [1.165, 1.54) is 11.8 Å². The highest BCUT2D eigenvalue weighted by Crippen LogP contribution is 2.16. The molecule has 1 N–H and O–H groups in total. The quantitative estimate of drug-likeness (QED) is 0.179. The molecule has 2 atom stereocenters. The van der Waals surface area contributed by atoms with Gasteiger partial charge in [0.1, 0.15) is 18.5 Å². The Bertz CT molecular complexity index is 865. The zero-order valence-corrected chi connectivity index (χ0v) is 20.7. The van der Waals surface area contributed by atoms with Crippen LogP contribution in [0.2, 0.25) is 0 Å². The number of carboxylic acids is 1. The summed E-state index contributed by atoms with van der Waals surface area (Å²) >= 11 is 0. The van der Waals surface area contributed by atoms with Crippen LogP contribution in [0.3, 0.4) is 0 Å². The summed E-state index contributed by atoms with van der Waals surface area (Å²) in [5.74, 6) is 5.85. The van der Waals surface area contributed by atoms with Gasteiger partial charge in [0.05, 0.1) is 25.7 Å². The minimum Gasteiger partial charge on any atom is -0.497 e. The fraction of sp³-hybridized carbons (Fsp3) is 0.481. The molecule has 0 spiro atoms. The first-order valence-corrected chi connectivity index (χ1v) is 11.5. The highest BCUT2D eigenvalue weighted by Gasteiger charge is 2.16. The van der Waals surface area contributed by atoms with Gasteiger partial charge in [-0.3, -0.25) is 9.59 Å². The summed E-state index contributed by atoms with van der Waals surface area (Å²) in [5.41, 5.74) is 1.25. The van der Waals surface area contributed by atoms with E-state index in [1.54, 1.807) is 18.2 Å². The number of nitrogens with zero attached hydrogens (tertiary/aromatic N) is 1. The van der Waals surface area contributed by atoms with Crippen LogP contribution in [0.4, 0.5) is 0 Å². The van der Waals surface area contributed by atoms with E-state index in [0.717, 1.165) is 18.6 Å². The Morgan fingerprint density at radius 2 is 2.00 bits per heavy atom. The number of carbonyl (C=O) groups is 2. The summed E-state index contributed by atoms with van der Waals surface area (Å²) in [6.07, 6.45) is 7.80. The van der Waals surface area contributed by atoms with Crippen molar-refractivity contribution in [3.8, 4) is 17.6 Å². The Kier molecular flexibility index (Phi) is 14.6. The highest BCUT2D eigenvalue weighted by atomic mass is 16.6. The number of hydrogen-bond acceptors (Lipinski definition) is 6. The molecule has 1 aromatic rings. The molecule has 0 aromatic heterocycles. The number of rotatable bonds is 15. The van der Waals surface area contributed by atoms with Crippen LogP contribution >= 0.6 is 0 Å². The predicted octanol–water partition coefficient (Wildman–Crippen LogP) is 4.08. The Morgan fingerprint density at radius 1 is 1.21 bits per heavy atom. The Labute approximate surface area is 203 Å². The lowest BCUT2D eigenvalue weighted by Crippen LogP contribution is -2.33. The molecule has 0 bridgehead atoms. The van der Waals surface area contributed by atoms with E-state index in [4.69, 9.17) is 19.3 Å². The number of carboxylic acid groups (broad SMARTS) is 1. The minimum atomic E-state index is -1.03. The minimum absolute atomic E-state index is 0.158. The number of aryl methyl sites for hydroxylation is 1. The van der Waals surface area contributed by atoms with Crippen LogP contribution in [0.1, 0.15) is 38.7 Å². The summed E-state index contributed by atoms with van der Waals surface area (Å²) in [6.45, 7) is 5.40. The fourth-order valence-corrected chi connectivity index (χ4v) is 2.96. The molecule has 7 heteroatoms. The van der Waals surface area contributed by atoms with E-state index >= 15 is 0 Å². The van der Waals surface area contributed by atoms with E-state index in [2.05, 4.69) is 30.9 Å². The molecule has 34 heavy (non-hydrogen) atoms. The number of benzene rings is 1. The summed E-state index contributed by atoms with van der Waals surface area (Å²) < 4.78 is 16.3. The second kappa shape index (κ2) is 17.3. The molecule has 2 unspecified atom stereocenters. The molecule has 0 aliphatic rings. The van der Waals surface area contributed by atoms with Gasteiger partial charge >= 0.3 is 11.9 Å². The van der Waals surface area contributed by atoms with Crippen molar-refractivity contribution in [3.05, 3.63) is 54.3 Å². The number of ether oxygens (including phenoxy) is 3. The standard InChI is InChI=1S/C27H37NO6/c1-5-33-24-13-10-12-23(19-24)15-14-22(2)11-8-6-7-9-18-32-21-25(20-28(3)4)34-27(31)17-16-26(29)30/h6-7,9-10,12-13,18-19,22,25H,5,14-17,20-21H2,1-4H3,(H,29,30)/b7-6-,18-9+. The smallest absolute Gasteiger partial charge is 0.306 e. The van der Waals surface area contributed by atoms with E-state index in [9.17, 15) is 9.59 Å². The van der Waals surface area contributed by atoms with E-state index in [-0.39, 0.29) is 25.4 Å². The number of carbonyl (C=O) groups excluding carboxylic acids is 1. The van der Waals surface area contributed by atoms with Gasteiger partial charge in [-0.05, 0) is 63.7 Å². The molecule has 0 aliphatic heterocycles. The lowest BCUT2D eigenvalue weighted by molar-refractivity contribution is -0.154. The van der Waals surface area contributed by atoms with Gasteiger partial charge in [0.25, 0.3) is 0 Å². The molecule has 0 amide bonds. The fourth-order valence-electron chi connectivity index (χ4n) is 2.96. The third-order valence-corrected chi connectivity index (χ3v) is 4.56. The molecule has 7 nitrogen and oxygen atoms in total. The van der Waals surface area contributed by atoms with Gasteiger partial charge in [0, 0.05) is 12.5 Å². The molecular weight excluding hydrogens is 434 g/mol. The summed E-state index contributed by atoms with van der Waals surface area (Å²) in [7, 11) is 3.71. The predicted molar refractivity (Wildman–Crippen MR) is 132 cm³/mol. The number of likely N-dealkylation sites (N-methyl/N-ethyl adjacent to an activating group) is 1. The van der Waals surface area contributed by atoms with Crippen LogP contribution in [-0.4, -0.2) is 61.9 Å². The lowest BCUT2D eigenvalue weighted by Gasteiger charge is -2.20. The molecule has 186 valence electrons. The van der Waals surface area contributed by atoms with Gasteiger partial charge < -0.3 is 24.2 Å². The van der Waals surface area contributed by atoms with Crippen LogP contribution in [-0.2, 0) is 25.5 Å². The first kappa shape index (κ1) is 28.8. The van der Waals surface area contributed by atoms with Crippen LogP contribution in [0.15, 0.2) is 48.8 Å². The summed E-state index contributed by atoms with van der Waals surface area (Å²) in [6, 6.07) is 8.16. The largest absolute Gasteiger partial charge is 0.497 e. The van der Waals surface area contributed by atoms with Crippen LogP contribution in [0.5, 0.6) is 5.75 Å². The maximum absolute atomic E-state index is 11.8. The van der Waals surface area contributed by atoms with Crippen molar-refractivity contribution in [1.82, 2.24) is 4.90 Å². The van der Waals surface area contributed by atoms with Gasteiger partial charge in [-0.25, -0.2) is 0 Å². The van der Waals surface area contributed by atoms with Crippen LogP contribution < -0.4 is 4.74 Å². The lowest BCUT2D eigenvalue weighted by atomic mass is 10.0. The van der Waals surface area contributed by atoms with Crippen LogP contribution in [0, 0.1) is 17.8 Å². The second-order valence-corrected chi connectivity index (χ2v) is 8.10. The van der Waals surface area contributed by atoms with Crippen molar-refractivity contribution in [3.63, 3.8) is 0 Å². The molecular formula is C27H37NO6. The van der Waals surface area contributed by atoms with Gasteiger partial charge in [0.15, 0.2) is 0 Å². The SMILES string of the molecule is CCOc1cccc(CCC(C)C#C/C=C\C=C\OCC(CN(C)C)OC(=O)CCC(=O)O)c1. The van der Waals surface area contributed by atoms with Crippen molar-refractivity contribution >= 4 is 11.9 Å². The molecule has 0 radical (unpaired) electrons. The van der Waals surface area contributed by atoms with E-state index in [0.29, 0.717) is 13.2 Å². The van der Waals surface area contributed by atoms with Crippen molar-refractivity contribution in [2.75, 3.05) is 33.9 Å². The molecule has 0 heterocycles. The molecule has 0 saturated heterocycles. The van der Waals surface area contributed by atoms with Gasteiger partial charge in [-0.2, -0.15) is 0 Å². The number of allylic oxidation sites excluding steroid dienone is 3. The highest BCUT2D eigenvalue weighted by molar-refractivity contribution is 5.76. The normalized spacial score (nSPS) is 12.9. The monoisotopic (exact) mass is 471 g/mol. The van der Waals surface area contributed by atoms with Crippen molar-refractivity contribution in [2.45, 2.75) is 45.6 Å². The average Bonchev–Trinajstić information content (AvgIpc) is 2.78. The second-order valence-electron chi connectivity index (χ2n) is 8.10. The number of hydrogen-bond donors (Lipinski definition) is 1. The van der Waals surface area contributed by atoms with Gasteiger partial charge in [0.2, 0.25) is 0 Å². The Balaban J connectivity index is 2.37. The van der Waals surface area contributed by atoms with E-state index in [1.807, 2.05) is 38.1 Å². The van der Waals surface area contributed by atoms with Gasteiger partial charge in [-0.1, -0.05) is 37.0 Å². The Hall–Kier alpha value is -3.24. The maximum Gasteiger partial charge on any atom is 0.306 e.